The zero-order chi connectivity index (χ0) is 39.9. The third kappa shape index (κ3) is 15.4. The Balaban J connectivity index is 6.03. The van der Waals surface area contributed by atoms with Gasteiger partial charge in [-0.15, -0.1) is 0 Å². The Bertz CT molecular complexity index is 1140. The van der Waals surface area contributed by atoms with Crippen LogP contribution < -0.4 is 0 Å². The first kappa shape index (κ1) is 49.5. The van der Waals surface area contributed by atoms with Gasteiger partial charge in [-0.3, -0.25) is 0 Å². The molecule has 0 heterocycles. The van der Waals surface area contributed by atoms with Gasteiger partial charge in [0.1, 0.15) is 6.10 Å². The number of esters is 1. The van der Waals surface area contributed by atoms with Gasteiger partial charge in [0, 0.05) is 31.0 Å². The van der Waals surface area contributed by atoms with E-state index in [2.05, 4.69) is 75.4 Å². The van der Waals surface area contributed by atoms with Gasteiger partial charge in [-0.1, -0.05) is 105 Å². The minimum atomic E-state index is -2.19. The maximum atomic E-state index is 11.8. The molecule has 0 radical (unpaired) electrons. The number of hydrogen-bond donors (Lipinski definition) is 2. The number of ether oxygens (including phenoxy) is 3. The summed E-state index contributed by atoms with van der Waals surface area (Å²) >= 11 is 0. The average molecular weight is 755 g/mol. The topological polar surface area (TPSA) is 104 Å². The van der Waals surface area contributed by atoms with Crippen molar-refractivity contribution in [1.29, 1.82) is 0 Å². The summed E-state index contributed by atoms with van der Waals surface area (Å²) in [6.45, 7) is 32.5. The van der Waals surface area contributed by atoms with Crippen LogP contribution in [0.2, 0.25) is 36.3 Å². The Morgan fingerprint density at radius 2 is 1.37 bits per heavy atom. The number of methoxy groups -OCH3 is 3. The van der Waals surface area contributed by atoms with Crippen LogP contribution in [0, 0.1) is 23.7 Å². The molecule has 0 spiro atoms. The van der Waals surface area contributed by atoms with Gasteiger partial charge in [-0.2, -0.15) is 0 Å². The van der Waals surface area contributed by atoms with Crippen LogP contribution in [-0.2, 0) is 27.9 Å². The molecule has 298 valence electrons. The smallest absolute Gasteiger partial charge is 0.373 e. The molecule has 0 aromatic rings. The van der Waals surface area contributed by atoms with Gasteiger partial charge >= 0.3 is 5.97 Å². The van der Waals surface area contributed by atoms with Gasteiger partial charge in [0.05, 0.1) is 32.5 Å². The Morgan fingerprint density at radius 3 is 1.82 bits per heavy atom. The second-order valence-electron chi connectivity index (χ2n) is 16.4. The lowest BCUT2D eigenvalue weighted by atomic mass is 9.84. The summed E-state index contributed by atoms with van der Waals surface area (Å²) in [5, 5.41) is 22.9. The van der Waals surface area contributed by atoms with Crippen LogP contribution in [0.4, 0.5) is 0 Å². The van der Waals surface area contributed by atoms with Crippen molar-refractivity contribution in [1.82, 2.24) is 0 Å². The van der Waals surface area contributed by atoms with Crippen LogP contribution in [-0.4, -0.2) is 84.7 Å². The van der Waals surface area contributed by atoms with Crippen molar-refractivity contribution in [2.24, 2.45) is 23.7 Å². The maximum Gasteiger partial charge on any atom is 0.373 e. The van der Waals surface area contributed by atoms with E-state index in [4.69, 9.17) is 23.1 Å². The maximum absolute atomic E-state index is 11.8. The summed E-state index contributed by atoms with van der Waals surface area (Å²) in [5.74, 6) is -0.736. The first-order chi connectivity index (χ1) is 23.5. The van der Waals surface area contributed by atoms with Crippen molar-refractivity contribution < 1.29 is 38.1 Å². The fourth-order valence-corrected chi connectivity index (χ4v) is 10.9. The molecule has 0 aliphatic carbocycles. The Kier molecular flexibility index (Phi) is 21.9. The molecule has 0 aliphatic heterocycles. The number of hydrogen-bond acceptors (Lipinski definition) is 8. The molecule has 0 amide bonds. The molecule has 2 N–H and O–H groups in total. The molecule has 51 heavy (non-hydrogen) atoms. The number of carbonyl (C=O) groups excluding carboxylic acids is 1. The number of carbonyl (C=O) groups is 1. The molecule has 0 saturated carbocycles. The summed E-state index contributed by atoms with van der Waals surface area (Å²) in [6.07, 6.45) is 7.99. The van der Waals surface area contributed by atoms with E-state index in [1.807, 2.05) is 52.0 Å². The molecule has 0 rings (SSSR count). The van der Waals surface area contributed by atoms with Gasteiger partial charge in [0.15, 0.2) is 16.6 Å². The molecule has 0 aromatic heterocycles. The molecule has 0 saturated heterocycles. The SMILES string of the molecule is CC[Si](CC)(CC)O[C@@H](C)[C@@H](C)[C@H](O[Si](C)(C)C(C)(C)C)[C@H](C)[C@@H](O)[C@H](/C=C/C=C(\C)C[C@H](C)[C@H](O)[C@H](C)/C=C(C)/C=C(\OC)C(=O)OC)OC. The van der Waals surface area contributed by atoms with Crippen molar-refractivity contribution in [3.8, 4) is 0 Å². The first-order valence-corrected chi connectivity index (χ1v) is 24.6. The molecule has 0 fully saturated rings. The fourth-order valence-electron chi connectivity index (χ4n) is 6.42. The highest BCUT2D eigenvalue weighted by Gasteiger charge is 2.45. The van der Waals surface area contributed by atoms with Crippen molar-refractivity contribution in [3.63, 3.8) is 0 Å². The van der Waals surface area contributed by atoms with Crippen LogP contribution in [0.1, 0.15) is 96.4 Å². The molecule has 0 aromatic carbocycles. The highest BCUT2D eigenvalue weighted by molar-refractivity contribution is 6.74. The quantitative estimate of drug-likeness (QED) is 0.0350. The number of aliphatic hydroxyl groups is 2. The summed E-state index contributed by atoms with van der Waals surface area (Å²) in [6, 6.07) is 3.27. The monoisotopic (exact) mass is 755 g/mol. The number of allylic oxidation sites excluding steroid dienone is 5. The van der Waals surface area contributed by atoms with E-state index >= 15 is 0 Å². The van der Waals surface area contributed by atoms with E-state index in [1.54, 1.807) is 13.2 Å². The molecule has 8 nitrogen and oxygen atoms in total. The van der Waals surface area contributed by atoms with E-state index in [0.717, 1.165) is 29.3 Å². The van der Waals surface area contributed by atoms with Gasteiger partial charge < -0.3 is 33.3 Å². The summed E-state index contributed by atoms with van der Waals surface area (Å²) in [4.78, 5) is 11.8. The minimum Gasteiger partial charge on any atom is -0.490 e. The summed E-state index contributed by atoms with van der Waals surface area (Å²) in [5.41, 5.74) is 1.90. The molecule has 0 aliphatic rings. The molecule has 9 atom stereocenters. The second kappa shape index (κ2) is 22.6. The van der Waals surface area contributed by atoms with Crippen molar-refractivity contribution in [3.05, 3.63) is 47.3 Å². The first-order valence-electron chi connectivity index (χ1n) is 19.1. The number of rotatable bonds is 23. The zero-order valence-electron chi connectivity index (χ0n) is 35.8. The summed E-state index contributed by atoms with van der Waals surface area (Å²) in [7, 11) is 0.341. The fraction of sp³-hybridized carbons (Fsp3) is 0.780. The van der Waals surface area contributed by atoms with E-state index < -0.39 is 40.9 Å². The average Bonchev–Trinajstić information content (AvgIpc) is 3.07. The van der Waals surface area contributed by atoms with Crippen LogP contribution >= 0.6 is 0 Å². The van der Waals surface area contributed by atoms with Gasteiger partial charge in [0.25, 0.3) is 0 Å². The van der Waals surface area contributed by atoms with Crippen molar-refractivity contribution >= 4 is 22.6 Å². The van der Waals surface area contributed by atoms with E-state index in [0.29, 0.717) is 6.42 Å². The lowest BCUT2D eigenvalue weighted by Gasteiger charge is -2.46. The van der Waals surface area contributed by atoms with E-state index in [-0.39, 0.29) is 46.7 Å². The largest absolute Gasteiger partial charge is 0.490 e. The standard InChI is InChI=1S/C41H78O8Si2/c1-19-51(20-2,21-3)48-34(10)32(8)39(49-50(17,18)41(11,12)13)33(9)38(43)35(45-14)24-22-23-28(4)25-30(6)37(42)31(7)26-29(5)27-36(46-15)40(44)47-16/h22-24,26-27,30-35,37-39,42-43H,19-21,25H2,1-18H3/b24-22+,28-23+,29-26+,36-27-/t30-,31+,32+,33+,34-,35-,37-,38+,39-/m0/s1. The molecule has 0 bridgehead atoms. The molecule has 0 unspecified atom stereocenters. The predicted molar refractivity (Wildman–Crippen MR) is 218 cm³/mol. The van der Waals surface area contributed by atoms with Gasteiger partial charge in [0.2, 0.25) is 5.76 Å². The van der Waals surface area contributed by atoms with Gasteiger partial charge in [-0.25, -0.2) is 4.79 Å². The molecular weight excluding hydrogens is 677 g/mol. The Labute approximate surface area is 315 Å². The van der Waals surface area contributed by atoms with Crippen molar-refractivity contribution in [2.75, 3.05) is 21.3 Å². The Morgan fingerprint density at radius 1 is 0.824 bits per heavy atom. The minimum absolute atomic E-state index is 0.00155. The van der Waals surface area contributed by atoms with Gasteiger partial charge in [-0.05, 0) is 75.5 Å². The third-order valence-corrected chi connectivity index (χ3v) is 20.7. The van der Waals surface area contributed by atoms with Crippen LogP contribution in [0.5, 0.6) is 0 Å². The van der Waals surface area contributed by atoms with Crippen LogP contribution in [0.3, 0.4) is 0 Å². The number of aliphatic hydroxyl groups excluding tert-OH is 2. The molecule has 10 heteroatoms. The summed E-state index contributed by atoms with van der Waals surface area (Å²) < 4.78 is 29.8. The second-order valence-corrected chi connectivity index (χ2v) is 25.8. The highest BCUT2D eigenvalue weighted by Crippen LogP contribution is 2.41. The van der Waals surface area contributed by atoms with Crippen molar-refractivity contribution in [2.45, 2.75) is 163 Å². The normalized spacial score (nSPS) is 19.6. The van der Waals surface area contributed by atoms with E-state index in [9.17, 15) is 15.0 Å². The zero-order valence-corrected chi connectivity index (χ0v) is 37.8. The molecular formula is C41H78O8Si2. The van der Waals surface area contributed by atoms with Crippen LogP contribution in [0.25, 0.3) is 0 Å². The third-order valence-electron chi connectivity index (χ3n) is 11.5. The Hall–Kier alpha value is -1.54. The van der Waals surface area contributed by atoms with E-state index in [1.165, 1.54) is 14.2 Å². The lowest BCUT2D eigenvalue weighted by molar-refractivity contribution is -0.139. The van der Waals surface area contributed by atoms with Crippen LogP contribution in [0.15, 0.2) is 47.3 Å². The lowest BCUT2D eigenvalue weighted by Crippen LogP contribution is -2.53. The highest BCUT2D eigenvalue weighted by atomic mass is 28.4. The predicted octanol–water partition coefficient (Wildman–Crippen LogP) is 9.61.